The summed E-state index contributed by atoms with van der Waals surface area (Å²) in [5.41, 5.74) is 0. The number of aryl methyl sites for hydroxylation is 1. The van der Waals surface area contributed by atoms with Gasteiger partial charge < -0.3 is 15.2 Å². The molecular formula is C10H17N5O. The summed E-state index contributed by atoms with van der Waals surface area (Å²) in [4.78, 5) is 11.3. The minimum atomic E-state index is -0.0241. The minimum Gasteiger partial charge on any atom is -0.355 e. The van der Waals surface area contributed by atoms with Crippen molar-refractivity contribution in [2.45, 2.75) is 6.42 Å². The first-order chi connectivity index (χ1) is 7.74. The standard InChI is InChI=1S/C10H17N5O/c1-3-5-11-7-10(16)12-6-4-9-14-13-8-15(9)2/h3,8,11H,1,4-7H2,2H3,(H,12,16). The lowest BCUT2D eigenvalue weighted by molar-refractivity contribution is -0.120. The molecule has 0 radical (unpaired) electrons. The number of rotatable bonds is 7. The highest BCUT2D eigenvalue weighted by molar-refractivity contribution is 5.77. The third-order valence-corrected chi connectivity index (χ3v) is 2.05. The lowest BCUT2D eigenvalue weighted by Crippen LogP contribution is -2.35. The Kier molecular flexibility index (Phi) is 5.21. The van der Waals surface area contributed by atoms with E-state index in [0.717, 1.165) is 5.82 Å². The van der Waals surface area contributed by atoms with Crippen molar-refractivity contribution >= 4 is 5.91 Å². The summed E-state index contributed by atoms with van der Waals surface area (Å²) in [7, 11) is 1.88. The van der Waals surface area contributed by atoms with Crippen molar-refractivity contribution in [3.05, 3.63) is 24.8 Å². The molecule has 1 amide bonds. The summed E-state index contributed by atoms with van der Waals surface area (Å²) in [5.74, 6) is 0.836. The molecule has 1 aromatic heterocycles. The van der Waals surface area contributed by atoms with Crippen LogP contribution < -0.4 is 10.6 Å². The fourth-order valence-electron chi connectivity index (χ4n) is 1.20. The average molecular weight is 223 g/mol. The molecule has 0 aliphatic carbocycles. The summed E-state index contributed by atoms with van der Waals surface area (Å²) >= 11 is 0. The van der Waals surface area contributed by atoms with Crippen LogP contribution in [0.1, 0.15) is 5.82 Å². The van der Waals surface area contributed by atoms with Crippen LogP contribution >= 0.6 is 0 Å². The van der Waals surface area contributed by atoms with E-state index in [1.807, 2.05) is 11.6 Å². The molecule has 16 heavy (non-hydrogen) atoms. The normalized spacial score (nSPS) is 10.1. The SMILES string of the molecule is C=CCNCC(=O)NCCc1nncn1C. The molecule has 0 aromatic carbocycles. The first-order valence-electron chi connectivity index (χ1n) is 5.15. The molecule has 88 valence electrons. The van der Waals surface area contributed by atoms with Crippen LogP contribution in [0.15, 0.2) is 19.0 Å². The molecule has 0 bridgehead atoms. The van der Waals surface area contributed by atoms with Gasteiger partial charge in [0, 0.05) is 26.6 Å². The summed E-state index contributed by atoms with van der Waals surface area (Å²) in [6.07, 6.45) is 4.04. The fourth-order valence-corrected chi connectivity index (χ4v) is 1.20. The van der Waals surface area contributed by atoms with E-state index in [4.69, 9.17) is 0 Å². The number of carbonyl (C=O) groups is 1. The maximum atomic E-state index is 11.3. The fraction of sp³-hybridized carbons (Fsp3) is 0.500. The molecule has 6 nitrogen and oxygen atoms in total. The molecule has 0 atom stereocenters. The molecule has 1 heterocycles. The van der Waals surface area contributed by atoms with Gasteiger partial charge in [0.2, 0.25) is 5.91 Å². The van der Waals surface area contributed by atoms with E-state index < -0.39 is 0 Å². The molecule has 6 heteroatoms. The van der Waals surface area contributed by atoms with E-state index in [1.54, 1.807) is 12.4 Å². The van der Waals surface area contributed by atoms with Crippen molar-refractivity contribution in [1.82, 2.24) is 25.4 Å². The van der Waals surface area contributed by atoms with E-state index >= 15 is 0 Å². The number of nitrogens with zero attached hydrogens (tertiary/aromatic N) is 3. The molecule has 0 fully saturated rings. The Hall–Kier alpha value is -1.69. The molecule has 1 rings (SSSR count). The molecule has 0 saturated carbocycles. The van der Waals surface area contributed by atoms with Crippen LogP contribution in [-0.2, 0) is 18.3 Å². The van der Waals surface area contributed by atoms with Crippen molar-refractivity contribution in [1.29, 1.82) is 0 Å². The van der Waals surface area contributed by atoms with Gasteiger partial charge in [0.05, 0.1) is 6.54 Å². The number of nitrogens with one attached hydrogen (secondary N) is 2. The van der Waals surface area contributed by atoms with Crippen molar-refractivity contribution in [3.8, 4) is 0 Å². The van der Waals surface area contributed by atoms with Gasteiger partial charge in [-0.2, -0.15) is 0 Å². The minimum absolute atomic E-state index is 0.0241. The number of carbonyl (C=O) groups excluding carboxylic acids is 1. The van der Waals surface area contributed by atoms with Gasteiger partial charge in [0.25, 0.3) is 0 Å². The lowest BCUT2D eigenvalue weighted by Gasteiger charge is -2.04. The van der Waals surface area contributed by atoms with Gasteiger partial charge in [-0.3, -0.25) is 4.79 Å². The second kappa shape index (κ2) is 6.73. The Morgan fingerprint density at radius 2 is 2.50 bits per heavy atom. The molecule has 0 aliphatic rings. The summed E-state index contributed by atoms with van der Waals surface area (Å²) < 4.78 is 1.84. The topological polar surface area (TPSA) is 71.8 Å². The predicted molar refractivity (Wildman–Crippen MR) is 60.8 cm³/mol. The van der Waals surface area contributed by atoms with E-state index in [0.29, 0.717) is 26.1 Å². The number of hydrogen-bond acceptors (Lipinski definition) is 4. The Balaban J connectivity index is 2.13. The zero-order valence-electron chi connectivity index (χ0n) is 9.44. The molecule has 0 aliphatic heterocycles. The first-order valence-corrected chi connectivity index (χ1v) is 5.15. The largest absolute Gasteiger partial charge is 0.355 e. The summed E-state index contributed by atoms with van der Waals surface area (Å²) in [6, 6.07) is 0. The van der Waals surface area contributed by atoms with Gasteiger partial charge in [0.1, 0.15) is 12.2 Å². The van der Waals surface area contributed by atoms with Crippen molar-refractivity contribution < 1.29 is 4.79 Å². The Labute approximate surface area is 94.7 Å². The Bertz CT molecular complexity index is 347. The van der Waals surface area contributed by atoms with E-state index in [-0.39, 0.29) is 5.91 Å². The second-order valence-corrected chi connectivity index (χ2v) is 3.38. The van der Waals surface area contributed by atoms with E-state index in [1.165, 1.54) is 0 Å². The lowest BCUT2D eigenvalue weighted by atomic mass is 10.4. The first kappa shape index (κ1) is 12.4. The van der Waals surface area contributed by atoms with Crippen molar-refractivity contribution in [2.24, 2.45) is 7.05 Å². The molecule has 0 saturated heterocycles. The van der Waals surface area contributed by atoms with E-state index in [9.17, 15) is 4.79 Å². The highest BCUT2D eigenvalue weighted by atomic mass is 16.1. The van der Waals surface area contributed by atoms with Gasteiger partial charge in [-0.25, -0.2) is 0 Å². The number of hydrogen-bond donors (Lipinski definition) is 2. The number of amides is 1. The van der Waals surface area contributed by atoms with Gasteiger partial charge >= 0.3 is 0 Å². The summed E-state index contributed by atoms with van der Waals surface area (Å²) in [5, 5.41) is 13.4. The van der Waals surface area contributed by atoms with Crippen LogP contribution in [0.4, 0.5) is 0 Å². The average Bonchev–Trinajstić information content (AvgIpc) is 2.65. The monoisotopic (exact) mass is 223 g/mol. The predicted octanol–water partition coefficient (Wildman–Crippen LogP) is -0.751. The smallest absolute Gasteiger partial charge is 0.233 e. The van der Waals surface area contributed by atoms with Crippen LogP contribution in [0.2, 0.25) is 0 Å². The van der Waals surface area contributed by atoms with Gasteiger partial charge in [-0.15, -0.1) is 16.8 Å². The summed E-state index contributed by atoms with van der Waals surface area (Å²) in [6.45, 7) is 5.07. The molecular weight excluding hydrogens is 206 g/mol. The zero-order chi connectivity index (χ0) is 11.8. The van der Waals surface area contributed by atoms with Crippen LogP contribution in [0, 0.1) is 0 Å². The third kappa shape index (κ3) is 4.22. The molecule has 2 N–H and O–H groups in total. The van der Waals surface area contributed by atoms with Crippen LogP contribution in [0.25, 0.3) is 0 Å². The molecule has 1 aromatic rings. The van der Waals surface area contributed by atoms with Gasteiger partial charge in [-0.05, 0) is 0 Å². The Morgan fingerprint density at radius 3 is 3.12 bits per heavy atom. The number of aromatic nitrogens is 3. The van der Waals surface area contributed by atoms with Crippen molar-refractivity contribution in [3.63, 3.8) is 0 Å². The second-order valence-electron chi connectivity index (χ2n) is 3.38. The highest BCUT2D eigenvalue weighted by Gasteiger charge is 2.02. The quantitative estimate of drug-likeness (QED) is 0.471. The molecule has 0 spiro atoms. The zero-order valence-corrected chi connectivity index (χ0v) is 9.44. The Morgan fingerprint density at radius 1 is 1.69 bits per heavy atom. The van der Waals surface area contributed by atoms with Crippen LogP contribution in [0.5, 0.6) is 0 Å². The van der Waals surface area contributed by atoms with Crippen LogP contribution in [-0.4, -0.2) is 40.3 Å². The highest BCUT2D eigenvalue weighted by Crippen LogP contribution is 1.90. The third-order valence-electron chi connectivity index (χ3n) is 2.05. The maximum absolute atomic E-state index is 11.3. The van der Waals surface area contributed by atoms with Crippen LogP contribution in [0.3, 0.4) is 0 Å². The van der Waals surface area contributed by atoms with Gasteiger partial charge in [-0.1, -0.05) is 6.08 Å². The maximum Gasteiger partial charge on any atom is 0.233 e. The molecule has 0 unspecified atom stereocenters. The van der Waals surface area contributed by atoms with E-state index in [2.05, 4.69) is 27.4 Å². The van der Waals surface area contributed by atoms with Gasteiger partial charge in [0.15, 0.2) is 0 Å². The van der Waals surface area contributed by atoms with Crippen molar-refractivity contribution in [2.75, 3.05) is 19.6 Å².